The third-order valence-electron chi connectivity index (χ3n) is 17.8. The molecular formula is C61H64N2. The van der Waals surface area contributed by atoms with Crippen molar-refractivity contribution in [3.05, 3.63) is 214 Å². The third-order valence-corrected chi connectivity index (χ3v) is 17.8. The summed E-state index contributed by atoms with van der Waals surface area (Å²) in [5, 5.41) is 0. The molecule has 2 aromatic carbocycles. The van der Waals surface area contributed by atoms with Crippen molar-refractivity contribution in [1.82, 2.24) is 0 Å². The lowest BCUT2D eigenvalue weighted by Crippen LogP contribution is -2.58. The van der Waals surface area contributed by atoms with Crippen LogP contribution in [0, 0.1) is 41.4 Å². The molecule has 2 aromatic rings. The predicted octanol–water partition coefficient (Wildman–Crippen LogP) is 14.1. The van der Waals surface area contributed by atoms with Crippen LogP contribution < -0.4 is 5.73 Å². The third kappa shape index (κ3) is 5.98. The summed E-state index contributed by atoms with van der Waals surface area (Å²) in [7, 11) is 0. The number of hydrogen-bond acceptors (Lipinski definition) is 2. The van der Waals surface area contributed by atoms with E-state index in [1.54, 1.807) is 39.0 Å². The van der Waals surface area contributed by atoms with Crippen LogP contribution >= 0.6 is 0 Å². The fraction of sp³-hybridized carbons (Fsp3) is 0.393. The number of fused-ring (bicyclic) bond motifs is 15. The van der Waals surface area contributed by atoms with E-state index in [4.69, 9.17) is 10.7 Å². The topological polar surface area (TPSA) is 38.4 Å². The fourth-order valence-corrected chi connectivity index (χ4v) is 15.2. The first-order valence-corrected chi connectivity index (χ1v) is 24.8. The summed E-state index contributed by atoms with van der Waals surface area (Å²) >= 11 is 0. The molecule has 10 aliphatic rings. The van der Waals surface area contributed by atoms with Crippen molar-refractivity contribution >= 4 is 5.71 Å². The van der Waals surface area contributed by atoms with E-state index in [2.05, 4.69) is 165 Å². The first-order chi connectivity index (χ1) is 31.1. The van der Waals surface area contributed by atoms with Gasteiger partial charge in [-0.2, -0.15) is 0 Å². The normalized spacial score (nSPS) is 36.3. The van der Waals surface area contributed by atoms with Crippen LogP contribution in [-0.4, -0.2) is 11.8 Å². The van der Waals surface area contributed by atoms with Gasteiger partial charge in [0.25, 0.3) is 0 Å². The van der Waals surface area contributed by atoms with E-state index in [-0.39, 0.29) is 16.9 Å². The molecule has 63 heavy (non-hydrogen) atoms. The summed E-state index contributed by atoms with van der Waals surface area (Å²) in [6, 6.07) is 19.6. The Bertz CT molecular complexity index is 2620. The van der Waals surface area contributed by atoms with Gasteiger partial charge in [-0.3, -0.25) is 4.99 Å². The maximum Gasteiger partial charge on any atom is 0.0688 e. The second-order valence-electron chi connectivity index (χ2n) is 20.5. The highest BCUT2D eigenvalue weighted by Crippen LogP contribution is 2.73. The van der Waals surface area contributed by atoms with Crippen LogP contribution in [0.2, 0.25) is 0 Å². The van der Waals surface area contributed by atoms with Gasteiger partial charge in [-0.05, 0) is 159 Å². The number of allylic oxidation sites excluding steroid dienone is 22. The molecule has 2 heteroatoms. The molecule has 12 rings (SSSR count). The van der Waals surface area contributed by atoms with Crippen LogP contribution in [0.4, 0.5) is 0 Å². The summed E-state index contributed by atoms with van der Waals surface area (Å²) in [6.45, 7) is 2.39. The van der Waals surface area contributed by atoms with Crippen molar-refractivity contribution in [2.75, 3.05) is 0 Å². The second kappa shape index (κ2) is 15.8. The Labute approximate surface area is 376 Å². The summed E-state index contributed by atoms with van der Waals surface area (Å²) < 4.78 is 0. The highest BCUT2D eigenvalue weighted by atomic mass is 14.8. The molecule has 11 unspecified atom stereocenters. The van der Waals surface area contributed by atoms with Gasteiger partial charge in [0.15, 0.2) is 0 Å². The first-order valence-electron chi connectivity index (χ1n) is 24.8. The van der Waals surface area contributed by atoms with Gasteiger partial charge in [-0.1, -0.05) is 163 Å². The number of aliphatic imine (C=N–C) groups is 1. The van der Waals surface area contributed by atoms with E-state index in [0.29, 0.717) is 47.3 Å². The molecule has 0 heterocycles. The molecule has 0 aromatic heterocycles. The minimum absolute atomic E-state index is 0.0649. The van der Waals surface area contributed by atoms with Crippen LogP contribution in [0.25, 0.3) is 0 Å². The summed E-state index contributed by atoms with van der Waals surface area (Å²) in [4.78, 5) is 5.79. The molecule has 0 aliphatic heterocycles. The van der Waals surface area contributed by atoms with Gasteiger partial charge in [-0.25, -0.2) is 0 Å². The number of hydrogen-bond donors (Lipinski definition) is 1. The molecule has 0 bridgehead atoms. The molecule has 10 aliphatic carbocycles. The molecule has 318 valence electrons. The average Bonchev–Trinajstić information content (AvgIpc) is 3.82. The molecule has 11 atom stereocenters. The monoisotopic (exact) mass is 825 g/mol. The standard InChI is InChI=1S/C61H64N2/c1-40(63-59(39-58(62)43-20-6-3-7-21-43)44-34-32-42(33-35-44)41-18-4-2-5-19-41)45-36-37-49-48-24-10-13-27-52(48)61(57(49)38-45)55-30-16-14-28-53(55)60(54-29-15-17-31-56(54)61)50-25-11-8-22-46(50)47-23-9-12-26-51(47)60/h2,4,6,8,10-18,20,22,24-31,34,38-40,42-43,46,49-50,53,55,57H,3,5,7,9,19,21,23,32-33,35-37,62H2,1H3/b58-39-,63-59?. The Balaban J connectivity index is 0.994. The van der Waals surface area contributed by atoms with Crippen LogP contribution in [0.3, 0.4) is 0 Å². The van der Waals surface area contributed by atoms with Crippen molar-refractivity contribution in [3.8, 4) is 0 Å². The van der Waals surface area contributed by atoms with E-state index >= 15 is 0 Å². The molecule has 0 fully saturated rings. The van der Waals surface area contributed by atoms with Crippen LogP contribution in [0.1, 0.15) is 112 Å². The van der Waals surface area contributed by atoms with Crippen LogP contribution in [0.5, 0.6) is 0 Å². The smallest absolute Gasteiger partial charge is 0.0688 e. The summed E-state index contributed by atoms with van der Waals surface area (Å²) in [5.41, 5.74) is 22.9. The Morgan fingerprint density at radius 3 is 2.25 bits per heavy atom. The number of benzene rings is 2. The van der Waals surface area contributed by atoms with E-state index in [1.165, 1.54) is 43.3 Å². The summed E-state index contributed by atoms with van der Waals surface area (Å²) in [6.07, 6.45) is 57.9. The van der Waals surface area contributed by atoms with Crippen LogP contribution in [-0.2, 0) is 10.8 Å². The maximum absolute atomic E-state index is 7.05. The van der Waals surface area contributed by atoms with E-state index in [1.807, 2.05) is 0 Å². The van der Waals surface area contributed by atoms with Crippen molar-refractivity contribution < 1.29 is 0 Å². The van der Waals surface area contributed by atoms with Gasteiger partial charge >= 0.3 is 0 Å². The van der Waals surface area contributed by atoms with Crippen molar-refractivity contribution in [2.24, 2.45) is 52.2 Å². The maximum atomic E-state index is 7.05. The van der Waals surface area contributed by atoms with E-state index in [9.17, 15) is 0 Å². The fourth-order valence-electron chi connectivity index (χ4n) is 15.2. The molecule has 0 saturated heterocycles. The molecule has 2 N–H and O–H groups in total. The second-order valence-corrected chi connectivity index (χ2v) is 20.5. The van der Waals surface area contributed by atoms with Gasteiger partial charge in [0.1, 0.15) is 0 Å². The summed E-state index contributed by atoms with van der Waals surface area (Å²) in [5.74, 6) is 3.23. The zero-order valence-corrected chi connectivity index (χ0v) is 37.2. The van der Waals surface area contributed by atoms with Crippen LogP contribution in [0.15, 0.2) is 196 Å². The minimum Gasteiger partial charge on any atom is -0.401 e. The number of nitrogens with zero attached hydrogens (tertiary/aromatic N) is 1. The lowest BCUT2D eigenvalue weighted by Gasteiger charge is -2.60. The lowest BCUT2D eigenvalue weighted by molar-refractivity contribution is 0.130. The highest BCUT2D eigenvalue weighted by Gasteiger charge is 2.68. The lowest BCUT2D eigenvalue weighted by atomic mass is 9.42. The van der Waals surface area contributed by atoms with Gasteiger partial charge < -0.3 is 5.73 Å². The molecule has 0 radical (unpaired) electrons. The first kappa shape index (κ1) is 39.4. The quantitative estimate of drug-likeness (QED) is 0.229. The molecule has 2 nitrogen and oxygen atoms in total. The van der Waals surface area contributed by atoms with Crippen molar-refractivity contribution in [1.29, 1.82) is 0 Å². The Morgan fingerprint density at radius 2 is 1.48 bits per heavy atom. The van der Waals surface area contributed by atoms with Gasteiger partial charge in [0.2, 0.25) is 0 Å². The van der Waals surface area contributed by atoms with E-state index < -0.39 is 0 Å². The predicted molar refractivity (Wildman–Crippen MR) is 262 cm³/mol. The molecular weight excluding hydrogens is 761 g/mol. The van der Waals surface area contributed by atoms with Crippen molar-refractivity contribution in [3.63, 3.8) is 0 Å². The molecule has 2 spiro atoms. The largest absolute Gasteiger partial charge is 0.401 e. The molecule has 0 amide bonds. The Hall–Kier alpha value is -5.21. The Kier molecular flexibility index (Phi) is 9.87. The van der Waals surface area contributed by atoms with Crippen molar-refractivity contribution in [2.45, 2.75) is 107 Å². The highest BCUT2D eigenvalue weighted by molar-refractivity contribution is 6.09. The Morgan fingerprint density at radius 1 is 0.714 bits per heavy atom. The zero-order valence-electron chi connectivity index (χ0n) is 37.2. The van der Waals surface area contributed by atoms with E-state index in [0.717, 1.165) is 56.4 Å². The number of rotatable bonds is 6. The van der Waals surface area contributed by atoms with Gasteiger partial charge in [0.05, 0.1) is 11.8 Å². The van der Waals surface area contributed by atoms with Gasteiger partial charge in [0, 0.05) is 34.3 Å². The SMILES string of the molecule is CC(N=C(/C=C(\N)C1C=CCCC1)C1=CCC(C2=CC=CCC2)CC1)C1=CC2C(CC1)c1ccccc1C21c2ccccc2C2(C3=C(CCC=C3)C3C=CC=CC32)C2C=CC=CC21. The number of nitrogens with two attached hydrogens (primary N) is 1. The zero-order chi connectivity index (χ0) is 42.1. The van der Waals surface area contributed by atoms with Gasteiger partial charge in [-0.15, -0.1) is 0 Å². The average molecular weight is 825 g/mol. The molecule has 0 saturated carbocycles. The minimum atomic E-state index is -0.195.